The van der Waals surface area contributed by atoms with Crippen LogP contribution in [-0.2, 0) is 9.53 Å². The van der Waals surface area contributed by atoms with Crippen molar-refractivity contribution in [1.82, 2.24) is 9.80 Å². The van der Waals surface area contributed by atoms with Crippen molar-refractivity contribution in [3.8, 4) is 0 Å². The molecule has 0 aromatic carbocycles. The summed E-state index contributed by atoms with van der Waals surface area (Å²) in [6.45, 7) is 18.0. The quantitative estimate of drug-likeness (QED) is 0.739. The van der Waals surface area contributed by atoms with Gasteiger partial charge in [0.05, 0.1) is 0 Å². The highest BCUT2D eigenvalue weighted by Crippen LogP contribution is 2.27. The summed E-state index contributed by atoms with van der Waals surface area (Å²) in [5.41, 5.74) is -0.811. The van der Waals surface area contributed by atoms with E-state index in [1.165, 1.54) is 0 Å². The van der Waals surface area contributed by atoms with Crippen molar-refractivity contribution in [2.75, 3.05) is 19.6 Å². The minimum Gasteiger partial charge on any atom is -0.444 e. The van der Waals surface area contributed by atoms with Crippen LogP contribution in [0.1, 0.15) is 74.7 Å². The van der Waals surface area contributed by atoms with Crippen LogP contribution in [0.15, 0.2) is 0 Å². The van der Waals surface area contributed by atoms with E-state index in [9.17, 15) is 9.59 Å². The Bertz CT molecular complexity index is 466. The van der Waals surface area contributed by atoms with Crippen LogP contribution in [0, 0.1) is 11.3 Å². The Morgan fingerprint density at radius 2 is 1.80 bits per heavy atom. The number of nitrogens with zero attached hydrogens (tertiary/aromatic N) is 2. The van der Waals surface area contributed by atoms with E-state index in [1.54, 1.807) is 4.90 Å². The van der Waals surface area contributed by atoms with Gasteiger partial charge >= 0.3 is 6.09 Å². The number of carbonyl (C=O) groups is 2. The Hall–Kier alpha value is -1.26. The van der Waals surface area contributed by atoms with Gasteiger partial charge in [0.2, 0.25) is 5.91 Å². The van der Waals surface area contributed by atoms with Gasteiger partial charge in [-0.15, -0.1) is 0 Å². The SMILES string of the molecule is CCC(C)(C)C(=O)N1CCCC(CN(C(=O)OC(C)(C)C)C(C)C)C1. The van der Waals surface area contributed by atoms with Crippen LogP contribution >= 0.6 is 0 Å². The summed E-state index contributed by atoms with van der Waals surface area (Å²) >= 11 is 0. The Morgan fingerprint density at radius 1 is 1.20 bits per heavy atom. The summed E-state index contributed by atoms with van der Waals surface area (Å²) in [6, 6.07) is 0.0769. The van der Waals surface area contributed by atoms with Crippen molar-refractivity contribution in [1.29, 1.82) is 0 Å². The lowest BCUT2D eigenvalue weighted by atomic mass is 9.86. The molecule has 1 heterocycles. The smallest absolute Gasteiger partial charge is 0.410 e. The van der Waals surface area contributed by atoms with E-state index in [-0.39, 0.29) is 23.5 Å². The molecule has 5 heteroatoms. The highest BCUT2D eigenvalue weighted by atomic mass is 16.6. The Morgan fingerprint density at radius 3 is 2.28 bits per heavy atom. The summed E-state index contributed by atoms with van der Waals surface area (Å²) < 4.78 is 5.56. The second-order valence-electron chi connectivity index (χ2n) is 9.22. The molecule has 0 saturated carbocycles. The van der Waals surface area contributed by atoms with Gasteiger partial charge in [-0.1, -0.05) is 20.8 Å². The summed E-state index contributed by atoms with van der Waals surface area (Å²) in [5.74, 6) is 0.535. The maximum Gasteiger partial charge on any atom is 0.410 e. The molecule has 1 aliphatic rings. The molecule has 0 aliphatic carbocycles. The van der Waals surface area contributed by atoms with E-state index >= 15 is 0 Å². The topological polar surface area (TPSA) is 49.9 Å². The van der Waals surface area contributed by atoms with E-state index < -0.39 is 5.60 Å². The molecule has 0 spiro atoms. The van der Waals surface area contributed by atoms with Crippen LogP contribution in [0.5, 0.6) is 0 Å². The predicted molar refractivity (Wildman–Crippen MR) is 101 cm³/mol. The summed E-state index contributed by atoms with van der Waals surface area (Å²) in [7, 11) is 0. The zero-order valence-electron chi connectivity index (χ0n) is 17.5. The van der Waals surface area contributed by atoms with Gasteiger partial charge in [-0.25, -0.2) is 4.79 Å². The lowest BCUT2D eigenvalue weighted by molar-refractivity contribution is -0.142. The first-order valence-corrected chi connectivity index (χ1v) is 9.66. The summed E-state index contributed by atoms with van der Waals surface area (Å²) in [4.78, 5) is 29.1. The standard InChI is InChI=1S/C20H38N2O3/c1-9-20(7,8)17(23)21-12-10-11-16(13-21)14-22(15(2)3)18(24)25-19(4,5)6/h15-16H,9-14H2,1-8H3. The first-order valence-electron chi connectivity index (χ1n) is 9.66. The van der Waals surface area contributed by atoms with Gasteiger partial charge in [-0.05, 0) is 59.8 Å². The van der Waals surface area contributed by atoms with Gasteiger partial charge in [0, 0.05) is 31.1 Å². The molecule has 1 saturated heterocycles. The fraction of sp³-hybridized carbons (Fsp3) is 0.900. The van der Waals surface area contributed by atoms with Crippen LogP contribution in [0.2, 0.25) is 0 Å². The maximum atomic E-state index is 12.8. The first-order chi connectivity index (χ1) is 11.4. The molecule has 5 nitrogen and oxygen atoms in total. The molecule has 0 radical (unpaired) electrons. The molecule has 1 aliphatic heterocycles. The fourth-order valence-electron chi connectivity index (χ4n) is 3.07. The van der Waals surface area contributed by atoms with Gasteiger partial charge < -0.3 is 14.5 Å². The van der Waals surface area contributed by atoms with Gasteiger partial charge in [0.1, 0.15) is 5.60 Å². The van der Waals surface area contributed by atoms with Gasteiger partial charge in [0.15, 0.2) is 0 Å². The van der Waals surface area contributed by atoms with Crippen LogP contribution in [0.25, 0.3) is 0 Å². The fourth-order valence-corrected chi connectivity index (χ4v) is 3.07. The second kappa shape index (κ2) is 8.41. The van der Waals surface area contributed by atoms with Gasteiger partial charge in [-0.3, -0.25) is 4.79 Å². The number of hydrogen-bond acceptors (Lipinski definition) is 3. The largest absolute Gasteiger partial charge is 0.444 e. The van der Waals surface area contributed by atoms with Crippen LogP contribution in [-0.4, -0.2) is 53.1 Å². The monoisotopic (exact) mass is 354 g/mol. The van der Waals surface area contributed by atoms with E-state index in [0.29, 0.717) is 12.5 Å². The molecule has 1 fully saturated rings. The third-order valence-corrected chi connectivity index (χ3v) is 4.98. The number of carbonyl (C=O) groups excluding carboxylic acids is 2. The zero-order chi connectivity index (χ0) is 19.4. The molecule has 146 valence electrons. The van der Waals surface area contributed by atoms with E-state index in [1.807, 2.05) is 53.4 Å². The molecule has 2 amide bonds. The van der Waals surface area contributed by atoms with E-state index in [0.717, 1.165) is 32.4 Å². The number of hydrogen-bond donors (Lipinski definition) is 0. The minimum absolute atomic E-state index is 0.0769. The number of amides is 2. The van der Waals surface area contributed by atoms with Crippen molar-refractivity contribution in [2.24, 2.45) is 11.3 Å². The molecule has 0 aromatic rings. The molecular formula is C20H38N2O3. The van der Waals surface area contributed by atoms with Gasteiger partial charge in [0.25, 0.3) is 0 Å². The highest BCUT2D eigenvalue weighted by molar-refractivity contribution is 5.82. The van der Waals surface area contributed by atoms with Crippen LogP contribution < -0.4 is 0 Å². The molecule has 1 rings (SSSR count). The Kier molecular flexibility index (Phi) is 7.33. The molecule has 0 N–H and O–H groups in total. The first kappa shape index (κ1) is 21.8. The lowest BCUT2D eigenvalue weighted by Gasteiger charge is -2.40. The molecular weight excluding hydrogens is 316 g/mol. The lowest BCUT2D eigenvalue weighted by Crippen LogP contribution is -2.50. The normalized spacial score (nSPS) is 19.1. The molecule has 1 atom stereocenters. The molecule has 0 aromatic heterocycles. The van der Waals surface area contributed by atoms with Crippen LogP contribution in [0.3, 0.4) is 0 Å². The summed E-state index contributed by atoms with van der Waals surface area (Å²) in [5, 5.41) is 0. The molecule has 0 bridgehead atoms. The highest BCUT2D eigenvalue weighted by Gasteiger charge is 2.34. The number of rotatable bonds is 5. The third-order valence-electron chi connectivity index (χ3n) is 4.98. The molecule has 25 heavy (non-hydrogen) atoms. The zero-order valence-corrected chi connectivity index (χ0v) is 17.5. The third kappa shape index (κ3) is 6.52. The van der Waals surface area contributed by atoms with Crippen molar-refractivity contribution >= 4 is 12.0 Å². The van der Waals surface area contributed by atoms with Crippen molar-refractivity contribution in [3.63, 3.8) is 0 Å². The minimum atomic E-state index is -0.496. The van der Waals surface area contributed by atoms with Crippen molar-refractivity contribution < 1.29 is 14.3 Å². The van der Waals surface area contributed by atoms with E-state index in [2.05, 4.69) is 6.92 Å². The number of ether oxygens (including phenoxy) is 1. The average molecular weight is 355 g/mol. The van der Waals surface area contributed by atoms with Crippen molar-refractivity contribution in [2.45, 2.75) is 86.3 Å². The second-order valence-corrected chi connectivity index (χ2v) is 9.22. The predicted octanol–water partition coefficient (Wildman–Crippen LogP) is 4.31. The van der Waals surface area contributed by atoms with Crippen LogP contribution in [0.4, 0.5) is 4.79 Å². The summed E-state index contributed by atoms with van der Waals surface area (Å²) in [6.07, 6.45) is 2.61. The average Bonchev–Trinajstić information content (AvgIpc) is 2.50. The van der Waals surface area contributed by atoms with Crippen molar-refractivity contribution in [3.05, 3.63) is 0 Å². The maximum absolute atomic E-state index is 12.8. The Balaban J connectivity index is 2.75. The number of piperidine rings is 1. The Labute approximate surface area is 154 Å². The molecule has 1 unspecified atom stereocenters. The number of likely N-dealkylation sites (tertiary alicyclic amines) is 1. The van der Waals surface area contributed by atoms with E-state index in [4.69, 9.17) is 4.74 Å². The van der Waals surface area contributed by atoms with Gasteiger partial charge in [-0.2, -0.15) is 0 Å².